The number of halogens is 2. The molecule has 1 atom stereocenters. The van der Waals surface area contributed by atoms with E-state index in [1.54, 1.807) is 0 Å². The van der Waals surface area contributed by atoms with Gasteiger partial charge in [-0.2, -0.15) is 0 Å². The zero-order chi connectivity index (χ0) is 8.74. The minimum Gasteiger partial charge on any atom is -0.417 e. The molecular weight excluding hydrogens is 382 g/mol. The first-order chi connectivity index (χ1) is 5.27. The van der Waals surface area contributed by atoms with Gasteiger partial charge in [0.25, 0.3) is 0 Å². The molecule has 1 aliphatic rings. The number of hydrogen-bond donors (Lipinski definition) is 0. The molecule has 0 amide bonds. The van der Waals surface area contributed by atoms with Crippen molar-refractivity contribution in [1.82, 2.24) is 0 Å². The molecular formula is C7H16I2OSi. The molecule has 11 heavy (non-hydrogen) atoms. The first-order valence-electron chi connectivity index (χ1n) is 4.05. The summed E-state index contributed by atoms with van der Waals surface area (Å²) in [6.45, 7) is 5.65. The van der Waals surface area contributed by atoms with Gasteiger partial charge in [-0.05, 0) is 25.1 Å². The zero-order valence-electron chi connectivity index (χ0n) is 7.20. The highest BCUT2D eigenvalue weighted by Gasteiger charge is 2.28. The van der Waals surface area contributed by atoms with E-state index in [-0.39, 0.29) is 0 Å². The highest BCUT2D eigenvalue weighted by atomic mass is 128. The normalized spacial score (nSPS) is 30.5. The third kappa shape index (κ3) is 5.04. The molecule has 0 saturated carbocycles. The van der Waals surface area contributed by atoms with E-state index in [2.05, 4.69) is 50.7 Å². The Bertz CT molecular complexity index is 94.4. The van der Waals surface area contributed by atoms with E-state index in [1.165, 1.54) is 24.9 Å². The summed E-state index contributed by atoms with van der Waals surface area (Å²) in [5.41, 5.74) is 0. The number of rotatable bonds is 1. The van der Waals surface area contributed by atoms with Gasteiger partial charge in [0.1, 0.15) is 0 Å². The van der Waals surface area contributed by atoms with Crippen molar-refractivity contribution < 1.29 is 4.43 Å². The fourth-order valence-corrected chi connectivity index (χ4v) is 3.61. The zero-order valence-corrected chi connectivity index (χ0v) is 12.5. The van der Waals surface area contributed by atoms with Crippen molar-refractivity contribution >= 4 is 45.5 Å². The molecule has 0 spiro atoms. The molecule has 1 aliphatic heterocycles. The van der Waals surface area contributed by atoms with Crippen LogP contribution in [0.2, 0.25) is 18.6 Å². The van der Waals surface area contributed by atoms with Crippen LogP contribution in [0, 0.1) is 0 Å². The minimum absolute atomic E-state index is 1.04. The highest BCUT2D eigenvalue weighted by molar-refractivity contribution is 15.0. The Morgan fingerprint density at radius 3 is 2.27 bits per heavy atom. The summed E-state index contributed by atoms with van der Waals surface area (Å²) in [6, 6.07) is 2.69. The highest BCUT2D eigenvalue weighted by Crippen LogP contribution is 2.24. The van der Waals surface area contributed by atoms with Gasteiger partial charge in [-0.25, -0.2) is 0 Å². The second kappa shape index (κ2) is 7.08. The summed E-state index contributed by atoms with van der Waals surface area (Å²) in [5, 5.41) is 0. The number of hydrogen-bond acceptors (Lipinski definition) is 1. The van der Waals surface area contributed by atoms with E-state index in [9.17, 15) is 0 Å². The first kappa shape index (κ1) is 12.6. The van der Waals surface area contributed by atoms with Crippen LogP contribution in [0.5, 0.6) is 0 Å². The monoisotopic (exact) mass is 398 g/mol. The Kier molecular flexibility index (Phi) is 8.13. The van der Waals surface area contributed by atoms with E-state index in [1.807, 2.05) is 0 Å². The molecule has 0 N–H and O–H groups in total. The molecule has 1 fully saturated rings. The fraction of sp³-hybridized carbons (Fsp3) is 1.00. The molecule has 1 heterocycles. The lowest BCUT2D eigenvalue weighted by molar-refractivity contribution is 0.271. The molecule has 1 rings (SSSR count). The second-order valence-electron chi connectivity index (χ2n) is 3.11. The van der Waals surface area contributed by atoms with Crippen molar-refractivity contribution in [2.24, 2.45) is 0 Å². The van der Waals surface area contributed by atoms with Crippen molar-refractivity contribution in [3.05, 3.63) is 0 Å². The smallest absolute Gasteiger partial charge is 0.189 e. The Labute approximate surface area is 94.1 Å². The molecule has 0 bridgehead atoms. The standard InChI is InChI=1S/C7H16OSi.I2/c1-3-9(2)7-5-4-6-8-9;1-2/h3-7H2,1-2H3;. The van der Waals surface area contributed by atoms with Crippen molar-refractivity contribution in [2.45, 2.75) is 38.4 Å². The Balaban J connectivity index is 0.000000461. The van der Waals surface area contributed by atoms with E-state index in [0.29, 0.717) is 0 Å². The average Bonchev–Trinajstić information content (AvgIpc) is 2.10. The van der Waals surface area contributed by atoms with Crippen LogP contribution in [0.25, 0.3) is 0 Å². The Hall–Kier alpha value is 1.64. The van der Waals surface area contributed by atoms with Crippen LogP contribution < -0.4 is 0 Å². The first-order valence-corrected chi connectivity index (χ1v) is 13.2. The topological polar surface area (TPSA) is 9.23 Å². The summed E-state index contributed by atoms with van der Waals surface area (Å²) < 4.78 is 5.75. The van der Waals surface area contributed by atoms with Crippen molar-refractivity contribution in [3.8, 4) is 0 Å². The Morgan fingerprint density at radius 2 is 2.00 bits per heavy atom. The van der Waals surface area contributed by atoms with Crippen LogP contribution in [0.3, 0.4) is 0 Å². The molecule has 1 saturated heterocycles. The van der Waals surface area contributed by atoms with Crippen LogP contribution in [0.4, 0.5) is 0 Å². The fourth-order valence-electron chi connectivity index (χ4n) is 1.27. The SMILES string of the molecule is CC[Si]1(C)CCCCO1.II. The summed E-state index contributed by atoms with van der Waals surface area (Å²) in [5.74, 6) is 0. The van der Waals surface area contributed by atoms with E-state index in [0.717, 1.165) is 6.61 Å². The Morgan fingerprint density at radius 1 is 1.36 bits per heavy atom. The molecule has 4 heteroatoms. The van der Waals surface area contributed by atoms with Crippen LogP contribution in [0.1, 0.15) is 19.8 Å². The molecule has 0 aromatic heterocycles. The summed E-state index contributed by atoms with van der Waals surface area (Å²) >= 11 is 4.24. The predicted molar refractivity (Wildman–Crippen MR) is 70.1 cm³/mol. The van der Waals surface area contributed by atoms with E-state index >= 15 is 0 Å². The van der Waals surface area contributed by atoms with Crippen molar-refractivity contribution in [3.63, 3.8) is 0 Å². The van der Waals surface area contributed by atoms with Gasteiger partial charge in [-0.3, -0.25) is 0 Å². The molecule has 0 aromatic rings. The maximum atomic E-state index is 5.75. The van der Waals surface area contributed by atoms with Crippen LogP contribution in [0.15, 0.2) is 0 Å². The molecule has 0 aliphatic carbocycles. The summed E-state index contributed by atoms with van der Waals surface area (Å²) in [4.78, 5) is 0. The quantitative estimate of drug-likeness (QED) is 0.476. The maximum absolute atomic E-state index is 5.75. The van der Waals surface area contributed by atoms with Crippen LogP contribution >= 0.6 is 37.2 Å². The lowest BCUT2D eigenvalue weighted by Gasteiger charge is -2.30. The van der Waals surface area contributed by atoms with Gasteiger partial charge in [-0.1, -0.05) is 13.3 Å². The van der Waals surface area contributed by atoms with Crippen molar-refractivity contribution in [2.75, 3.05) is 6.61 Å². The third-order valence-electron chi connectivity index (χ3n) is 2.30. The average molecular weight is 398 g/mol. The van der Waals surface area contributed by atoms with E-state index in [4.69, 9.17) is 4.43 Å². The van der Waals surface area contributed by atoms with Gasteiger partial charge >= 0.3 is 0 Å². The second-order valence-corrected chi connectivity index (χ2v) is 7.50. The molecule has 0 aromatic carbocycles. The summed E-state index contributed by atoms with van der Waals surface area (Å²) in [6.07, 6.45) is 2.71. The third-order valence-corrected chi connectivity index (χ3v) is 6.11. The van der Waals surface area contributed by atoms with Crippen LogP contribution in [-0.2, 0) is 4.43 Å². The largest absolute Gasteiger partial charge is 0.417 e. The minimum atomic E-state index is -1.11. The van der Waals surface area contributed by atoms with E-state index < -0.39 is 8.32 Å². The maximum Gasteiger partial charge on any atom is 0.189 e. The van der Waals surface area contributed by atoms with Gasteiger partial charge in [0, 0.05) is 43.8 Å². The van der Waals surface area contributed by atoms with Gasteiger partial charge in [0.2, 0.25) is 0 Å². The van der Waals surface area contributed by atoms with Gasteiger partial charge in [-0.15, -0.1) is 0 Å². The van der Waals surface area contributed by atoms with Crippen molar-refractivity contribution in [1.29, 1.82) is 0 Å². The lowest BCUT2D eigenvalue weighted by atomic mass is 10.4. The van der Waals surface area contributed by atoms with Crippen LogP contribution in [-0.4, -0.2) is 14.9 Å². The molecule has 1 unspecified atom stereocenters. The summed E-state index contributed by atoms with van der Waals surface area (Å²) in [7, 11) is -1.11. The predicted octanol–water partition coefficient (Wildman–Crippen LogP) is 4.16. The van der Waals surface area contributed by atoms with Gasteiger partial charge in [0.05, 0.1) is 0 Å². The molecule has 1 nitrogen and oxygen atoms in total. The molecule has 68 valence electrons. The van der Waals surface area contributed by atoms with Gasteiger partial charge < -0.3 is 4.43 Å². The molecule has 0 radical (unpaired) electrons. The lowest BCUT2D eigenvalue weighted by Crippen LogP contribution is -2.36. The van der Waals surface area contributed by atoms with Gasteiger partial charge in [0.15, 0.2) is 8.32 Å².